The summed E-state index contributed by atoms with van der Waals surface area (Å²) in [6.45, 7) is 6.40. The van der Waals surface area contributed by atoms with Crippen LogP contribution in [-0.4, -0.2) is 50.2 Å². The number of ether oxygens (including phenoxy) is 2. The molecule has 4 aromatic rings. The summed E-state index contributed by atoms with van der Waals surface area (Å²) in [5, 5.41) is 22.5. The van der Waals surface area contributed by atoms with E-state index >= 15 is 0 Å². The largest absolute Gasteiger partial charge is 0.444 e. The quantitative estimate of drug-likeness (QED) is 0.242. The van der Waals surface area contributed by atoms with Gasteiger partial charge in [-0.1, -0.05) is 29.8 Å². The SMILES string of the molecule is CC(=O)NCCn1c(CN2CCC(c3cccc4c3OC(C)(c3ccc(Cl)cc3F)O4)CC2)nc2ccc(C(O)O)cc21. The van der Waals surface area contributed by atoms with Crippen molar-refractivity contribution in [2.45, 2.75) is 57.8 Å². The molecule has 11 heteroatoms. The summed E-state index contributed by atoms with van der Waals surface area (Å²) in [5.41, 5.74) is 3.27. The van der Waals surface area contributed by atoms with Gasteiger partial charge in [-0.3, -0.25) is 9.69 Å². The topological polar surface area (TPSA) is 109 Å². The molecule has 3 heterocycles. The normalized spacial score (nSPS) is 19.0. The molecule has 2 aliphatic heterocycles. The van der Waals surface area contributed by atoms with Crippen molar-refractivity contribution < 1.29 is 28.9 Å². The second-order valence-electron chi connectivity index (χ2n) is 11.3. The van der Waals surface area contributed by atoms with E-state index in [0.717, 1.165) is 48.4 Å². The number of halogens is 2. The average Bonchev–Trinajstić information content (AvgIpc) is 3.49. The van der Waals surface area contributed by atoms with Crippen molar-refractivity contribution in [3.05, 3.63) is 88.0 Å². The highest BCUT2D eigenvalue weighted by atomic mass is 35.5. The highest BCUT2D eigenvalue weighted by molar-refractivity contribution is 6.30. The minimum Gasteiger partial charge on any atom is -0.444 e. The molecule has 3 aromatic carbocycles. The number of aromatic nitrogens is 2. The van der Waals surface area contributed by atoms with Gasteiger partial charge in [0, 0.05) is 43.1 Å². The number of carbonyl (C=O) groups excluding carboxylic acids is 1. The van der Waals surface area contributed by atoms with E-state index in [-0.39, 0.29) is 17.4 Å². The van der Waals surface area contributed by atoms with Gasteiger partial charge in [0.25, 0.3) is 5.79 Å². The number of aliphatic hydroxyl groups is 2. The maximum absolute atomic E-state index is 14.8. The van der Waals surface area contributed by atoms with E-state index in [2.05, 4.69) is 16.3 Å². The summed E-state index contributed by atoms with van der Waals surface area (Å²) in [4.78, 5) is 18.7. The zero-order chi connectivity index (χ0) is 30.3. The van der Waals surface area contributed by atoms with E-state index in [0.29, 0.717) is 41.7 Å². The van der Waals surface area contributed by atoms with Crippen LogP contribution >= 0.6 is 11.6 Å². The summed E-state index contributed by atoms with van der Waals surface area (Å²) in [7, 11) is 0. The Labute approximate surface area is 253 Å². The number of fused-ring (bicyclic) bond motifs is 2. The van der Waals surface area contributed by atoms with E-state index in [1.807, 2.05) is 16.7 Å². The lowest BCUT2D eigenvalue weighted by atomic mass is 9.88. The molecule has 43 heavy (non-hydrogen) atoms. The van der Waals surface area contributed by atoms with Gasteiger partial charge < -0.3 is 29.6 Å². The molecule has 0 bridgehead atoms. The molecule has 226 valence electrons. The first kappa shape index (κ1) is 29.4. The molecule has 0 spiro atoms. The van der Waals surface area contributed by atoms with Gasteiger partial charge in [-0.05, 0) is 68.2 Å². The van der Waals surface area contributed by atoms with Crippen molar-refractivity contribution in [1.29, 1.82) is 0 Å². The number of imidazole rings is 1. The number of rotatable bonds is 8. The van der Waals surface area contributed by atoms with Crippen molar-refractivity contribution in [1.82, 2.24) is 19.8 Å². The lowest BCUT2D eigenvalue weighted by molar-refractivity contribution is -0.119. The van der Waals surface area contributed by atoms with Crippen LogP contribution in [0.25, 0.3) is 11.0 Å². The van der Waals surface area contributed by atoms with Crippen LogP contribution in [0.5, 0.6) is 11.5 Å². The Bertz CT molecular complexity index is 1670. The van der Waals surface area contributed by atoms with Crippen LogP contribution < -0.4 is 14.8 Å². The molecule has 1 amide bonds. The van der Waals surface area contributed by atoms with Crippen molar-refractivity contribution in [2.75, 3.05) is 19.6 Å². The summed E-state index contributed by atoms with van der Waals surface area (Å²) in [6, 6.07) is 15.5. The van der Waals surface area contributed by atoms with Gasteiger partial charge >= 0.3 is 0 Å². The molecule has 9 nitrogen and oxygen atoms in total. The molecular weight excluding hydrogens is 575 g/mol. The van der Waals surface area contributed by atoms with E-state index in [1.165, 1.54) is 13.0 Å². The molecule has 3 N–H and O–H groups in total. The monoisotopic (exact) mass is 608 g/mol. The first-order valence-corrected chi connectivity index (χ1v) is 14.8. The maximum atomic E-state index is 14.8. The molecule has 0 aliphatic carbocycles. The van der Waals surface area contributed by atoms with E-state index in [1.54, 1.807) is 37.3 Å². The van der Waals surface area contributed by atoms with Gasteiger partial charge in [0.15, 0.2) is 17.8 Å². The van der Waals surface area contributed by atoms with Crippen molar-refractivity contribution in [2.24, 2.45) is 0 Å². The second-order valence-corrected chi connectivity index (χ2v) is 11.7. The van der Waals surface area contributed by atoms with Gasteiger partial charge in [0.2, 0.25) is 5.91 Å². The summed E-state index contributed by atoms with van der Waals surface area (Å²) in [6.07, 6.45) is 0.194. The Balaban J connectivity index is 1.17. The van der Waals surface area contributed by atoms with Crippen LogP contribution in [-0.2, 0) is 23.7 Å². The molecule has 1 saturated heterocycles. The molecule has 0 saturated carbocycles. The van der Waals surface area contributed by atoms with E-state index < -0.39 is 17.9 Å². The number of nitrogens with one attached hydrogen (secondary N) is 1. The smallest absolute Gasteiger partial charge is 0.278 e. The number of hydrogen-bond donors (Lipinski definition) is 3. The Morgan fingerprint density at radius 3 is 2.67 bits per heavy atom. The molecule has 0 radical (unpaired) electrons. The van der Waals surface area contributed by atoms with Crippen LogP contribution in [0.3, 0.4) is 0 Å². The number of piperidine rings is 1. The molecule has 1 fully saturated rings. The van der Waals surface area contributed by atoms with Crippen molar-refractivity contribution >= 4 is 28.5 Å². The molecule has 1 unspecified atom stereocenters. The highest BCUT2D eigenvalue weighted by Crippen LogP contribution is 2.49. The predicted molar refractivity (Wildman–Crippen MR) is 159 cm³/mol. The first-order valence-electron chi connectivity index (χ1n) is 14.4. The molecule has 1 atom stereocenters. The van der Waals surface area contributed by atoms with Gasteiger partial charge in [0.05, 0.1) is 23.1 Å². The second kappa shape index (κ2) is 11.8. The van der Waals surface area contributed by atoms with E-state index in [4.69, 9.17) is 26.1 Å². The van der Waals surface area contributed by atoms with E-state index in [9.17, 15) is 19.4 Å². The molecule has 1 aromatic heterocycles. The fourth-order valence-corrected chi connectivity index (χ4v) is 6.26. The lowest BCUT2D eigenvalue weighted by Crippen LogP contribution is -2.34. The zero-order valence-electron chi connectivity index (χ0n) is 24.0. The average molecular weight is 609 g/mol. The third-order valence-corrected chi connectivity index (χ3v) is 8.52. The van der Waals surface area contributed by atoms with Crippen molar-refractivity contribution in [3.63, 3.8) is 0 Å². The van der Waals surface area contributed by atoms with Crippen LogP contribution in [0.4, 0.5) is 4.39 Å². The Hall–Kier alpha value is -3.70. The number of amides is 1. The Kier molecular flexibility index (Phi) is 8.04. The number of likely N-dealkylation sites (tertiary alicyclic amines) is 1. The highest BCUT2D eigenvalue weighted by Gasteiger charge is 2.43. The summed E-state index contributed by atoms with van der Waals surface area (Å²) >= 11 is 5.96. The fraction of sp³-hybridized carbons (Fsp3) is 0.375. The first-order chi connectivity index (χ1) is 20.6. The number of benzene rings is 3. The number of carbonyl (C=O) groups is 1. The number of aliphatic hydroxyl groups excluding tert-OH is 1. The van der Waals surface area contributed by atoms with Gasteiger partial charge in [-0.15, -0.1) is 0 Å². The van der Waals surface area contributed by atoms with Crippen LogP contribution in [0.2, 0.25) is 5.02 Å². The number of nitrogens with zero attached hydrogens (tertiary/aromatic N) is 3. The van der Waals surface area contributed by atoms with Crippen LogP contribution in [0.15, 0.2) is 54.6 Å². The maximum Gasteiger partial charge on any atom is 0.278 e. The summed E-state index contributed by atoms with van der Waals surface area (Å²) in [5.74, 6) is 0.442. The van der Waals surface area contributed by atoms with Crippen LogP contribution in [0.1, 0.15) is 61.4 Å². The third kappa shape index (κ3) is 5.92. The standard InChI is InChI=1S/C32H34ClFN4O5/c1-19(39)35-12-15-38-27-16-21(31(40)41)6-9-26(27)36-29(38)18-37-13-10-20(11-14-37)23-4-3-5-28-30(23)43-32(2,42-28)24-8-7-22(33)17-25(24)34/h3-9,16-17,20,31,40-41H,10-15,18H2,1-2H3,(H,35,39). The van der Waals surface area contributed by atoms with Gasteiger partial charge in [0.1, 0.15) is 11.6 Å². The third-order valence-electron chi connectivity index (χ3n) is 8.28. The Morgan fingerprint density at radius 2 is 1.95 bits per heavy atom. The molecule has 6 rings (SSSR count). The van der Waals surface area contributed by atoms with Crippen LogP contribution in [0, 0.1) is 5.82 Å². The Morgan fingerprint density at radius 1 is 1.16 bits per heavy atom. The number of para-hydroxylation sites is 1. The van der Waals surface area contributed by atoms with Crippen molar-refractivity contribution in [3.8, 4) is 11.5 Å². The van der Waals surface area contributed by atoms with Gasteiger partial charge in [-0.2, -0.15) is 0 Å². The van der Waals surface area contributed by atoms with Gasteiger partial charge in [-0.25, -0.2) is 9.37 Å². The lowest BCUT2D eigenvalue weighted by Gasteiger charge is -2.32. The number of hydrogen-bond acceptors (Lipinski definition) is 7. The summed E-state index contributed by atoms with van der Waals surface area (Å²) < 4.78 is 29.3. The zero-order valence-corrected chi connectivity index (χ0v) is 24.8. The fourth-order valence-electron chi connectivity index (χ4n) is 6.10. The predicted octanol–water partition coefficient (Wildman–Crippen LogP) is 4.97. The minimum absolute atomic E-state index is 0.111. The molecular formula is C32H34ClFN4O5. The minimum atomic E-state index is -1.58. The molecule has 2 aliphatic rings.